The summed E-state index contributed by atoms with van der Waals surface area (Å²) in [5, 5.41) is 5.34. The Morgan fingerprint density at radius 1 is 0.935 bits per heavy atom. The number of urea groups is 1. The molecule has 2 aliphatic rings. The highest BCUT2D eigenvalue weighted by Crippen LogP contribution is 2.29. The van der Waals surface area contributed by atoms with Crippen molar-refractivity contribution in [2.45, 2.75) is 19.0 Å². The fraction of sp³-hybridized carbons (Fsp3) is 0.333. The van der Waals surface area contributed by atoms with E-state index in [4.69, 9.17) is 4.42 Å². The van der Waals surface area contributed by atoms with E-state index in [0.29, 0.717) is 12.4 Å². The topological polar surface area (TPSA) is 69.0 Å². The van der Waals surface area contributed by atoms with E-state index in [9.17, 15) is 9.59 Å². The van der Waals surface area contributed by atoms with E-state index >= 15 is 0 Å². The molecule has 160 valence electrons. The Balaban J connectivity index is 1.20. The fourth-order valence-electron chi connectivity index (χ4n) is 4.52. The van der Waals surface area contributed by atoms with Gasteiger partial charge in [0.2, 0.25) is 0 Å². The van der Waals surface area contributed by atoms with Crippen molar-refractivity contribution in [2.24, 2.45) is 0 Å². The van der Waals surface area contributed by atoms with Crippen LogP contribution >= 0.6 is 0 Å². The molecule has 1 unspecified atom stereocenters. The van der Waals surface area contributed by atoms with Crippen molar-refractivity contribution in [1.29, 1.82) is 0 Å². The number of benzene rings is 2. The van der Waals surface area contributed by atoms with Gasteiger partial charge in [-0.05, 0) is 35.4 Å². The van der Waals surface area contributed by atoms with Crippen LogP contribution in [-0.4, -0.2) is 59.5 Å². The highest BCUT2D eigenvalue weighted by atomic mass is 16.3. The SMILES string of the molecule is CC1(c2ccco2)NC(=O)N(CN2CCN(Cc3cccc4ccccc34)CC2)C1=O. The van der Waals surface area contributed by atoms with E-state index < -0.39 is 5.54 Å². The van der Waals surface area contributed by atoms with Crippen molar-refractivity contribution in [3.05, 3.63) is 72.2 Å². The molecule has 2 aliphatic heterocycles. The lowest BCUT2D eigenvalue weighted by Gasteiger charge is -2.36. The number of rotatable bonds is 5. The third kappa shape index (κ3) is 3.60. The van der Waals surface area contributed by atoms with Gasteiger partial charge in [-0.3, -0.25) is 14.6 Å². The number of hydrogen-bond donors (Lipinski definition) is 1. The Bertz CT molecular complexity index is 1100. The first-order valence-electron chi connectivity index (χ1n) is 10.6. The van der Waals surface area contributed by atoms with E-state index in [0.717, 1.165) is 32.7 Å². The first-order chi connectivity index (χ1) is 15.0. The van der Waals surface area contributed by atoms with Crippen LogP contribution in [-0.2, 0) is 16.9 Å². The number of nitrogens with one attached hydrogen (secondary N) is 1. The van der Waals surface area contributed by atoms with Crippen molar-refractivity contribution < 1.29 is 14.0 Å². The summed E-state index contributed by atoms with van der Waals surface area (Å²) in [5.41, 5.74) is 0.186. The van der Waals surface area contributed by atoms with Gasteiger partial charge in [-0.1, -0.05) is 42.5 Å². The molecule has 2 saturated heterocycles. The van der Waals surface area contributed by atoms with Crippen LogP contribution in [0.2, 0.25) is 0 Å². The summed E-state index contributed by atoms with van der Waals surface area (Å²) in [5.74, 6) is 0.180. The summed E-state index contributed by atoms with van der Waals surface area (Å²) < 4.78 is 5.40. The molecule has 2 aromatic carbocycles. The zero-order chi connectivity index (χ0) is 21.4. The summed E-state index contributed by atoms with van der Waals surface area (Å²) in [6.07, 6.45) is 1.51. The van der Waals surface area contributed by atoms with Gasteiger partial charge in [0.05, 0.1) is 12.9 Å². The highest BCUT2D eigenvalue weighted by Gasteiger charge is 2.51. The lowest BCUT2D eigenvalue weighted by Crippen LogP contribution is -2.51. The summed E-state index contributed by atoms with van der Waals surface area (Å²) in [7, 11) is 0. The maximum absolute atomic E-state index is 13.0. The van der Waals surface area contributed by atoms with Gasteiger partial charge in [0.1, 0.15) is 5.76 Å². The molecule has 0 spiro atoms. The van der Waals surface area contributed by atoms with Crippen LogP contribution in [0.1, 0.15) is 18.2 Å². The zero-order valence-corrected chi connectivity index (χ0v) is 17.6. The molecular formula is C24H26N4O3. The number of fused-ring (bicyclic) bond motifs is 1. The Kier molecular flexibility index (Phi) is 5.00. The molecule has 5 rings (SSSR count). The number of carbonyl (C=O) groups excluding carboxylic acids is 2. The second kappa shape index (κ2) is 7.83. The average Bonchev–Trinajstić information content (AvgIpc) is 3.40. The largest absolute Gasteiger partial charge is 0.466 e. The molecule has 1 atom stereocenters. The maximum atomic E-state index is 13.0. The molecule has 3 amide bonds. The van der Waals surface area contributed by atoms with E-state index in [2.05, 4.69) is 57.6 Å². The third-order valence-electron chi connectivity index (χ3n) is 6.37. The van der Waals surface area contributed by atoms with Gasteiger partial charge in [0, 0.05) is 32.7 Å². The molecule has 1 aromatic heterocycles. The van der Waals surface area contributed by atoms with E-state index in [-0.39, 0.29) is 11.9 Å². The number of amides is 3. The number of furan rings is 1. The predicted octanol–water partition coefficient (Wildman–Crippen LogP) is 2.98. The number of piperazine rings is 1. The van der Waals surface area contributed by atoms with Crippen LogP contribution in [0, 0.1) is 0 Å². The van der Waals surface area contributed by atoms with E-state index in [1.165, 1.54) is 27.5 Å². The predicted molar refractivity (Wildman–Crippen MR) is 117 cm³/mol. The van der Waals surface area contributed by atoms with Crippen molar-refractivity contribution in [1.82, 2.24) is 20.0 Å². The third-order valence-corrected chi connectivity index (χ3v) is 6.37. The Hall–Kier alpha value is -3.16. The van der Waals surface area contributed by atoms with Gasteiger partial charge in [0.25, 0.3) is 5.91 Å². The minimum atomic E-state index is -1.14. The fourth-order valence-corrected chi connectivity index (χ4v) is 4.52. The standard InChI is InChI=1S/C24H26N4O3/c1-24(21-10-5-15-31-21)22(29)28(23(30)25-24)17-27-13-11-26(12-14-27)16-19-8-4-7-18-6-2-3-9-20(18)19/h2-10,15H,11-14,16-17H2,1H3,(H,25,30). The number of nitrogens with zero attached hydrogens (tertiary/aromatic N) is 3. The summed E-state index contributed by atoms with van der Waals surface area (Å²) in [4.78, 5) is 31.4. The van der Waals surface area contributed by atoms with E-state index in [1.807, 2.05) is 0 Å². The molecule has 2 fully saturated rings. The molecule has 1 N–H and O–H groups in total. The average molecular weight is 418 g/mol. The molecule has 7 nitrogen and oxygen atoms in total. The highest BCUT2D eigenvalue weighted by molar-refractivity contribution is 6.06. The summed E-state index contributed by atoms with van der Waals surface area (Å²) >= 11 is 0. The monoisotopic (exact) mass is 418 g/mol. The molecule has 0 saturated carbocycles. The minimum Gasteiger partial charge on any atom is -0.466 e. The van der Waals surface area contributed by atoms with Crippen molar-refractivity contribution in [3.63, 3.8) is 0 Å². The van der Waals surface area contributed by atoms with Gasteiger partial charge in [-0.2, -0.15) is 0 Å². The van der Waals surface area contributed by atoms with Crippen LogP contribution in [0.15, 0.2) is 65.3 Å². The van der Waals surface area contributed by atoms with Gasteiger partial charge in [0.15, 0.2) is 5.54 Å². The quantitative estimate of drug-likeness (QED) is 0.645. The number of imide groups is 1. The summed E-state index contributed by atoms with van der Waals surface area (Å²) in [6.45, 7) is 6.27. The Labute approximate surface area is 181 Å². The van der Waals surface area contributed by atoms with Crippen molar-refractivity contribution >= 4 is 22.7 Å². The second-order valence-corrected chi connectivity index (χ2v) is 8.44. The molecular weight excluding hydrogens is 392 g/mol. The molecule has 0 aliphatic carbocycles. The molecule has 31 heavy (non-hydrogen) atoms. The van der Waals surface area contributed by atoms with Crippen LogP contribution in [0.25, 0.3) is 10.8 Å². The van der Waals surface area contributed by atoms with Gasteiger partial charge in [-0.25, -0.2) is 9.69 Å². The minimum absolute atomic E-state index is 0.273. The van der Waals surface area contributed by atoms with Crippen molar-refractivity contribution in [2.75, 3.05) is 32.8 Å². The Morgan fingerprint density at radius 3 is 2.45 bits per heavy atom. The molecule has 0 radical (unpaired) electrons. The van der Waals surface area contributed by atoms with Crippen LogP contribution < -0.4 is 5.32 Å². The lowest BCUT2D eigenvalue weighted by atomic mass is 9.99. The van der Waals surface area contributed by atoms with Crippen molar-refractivity contribution in [3.8, 4) is 0 Å². The summed E-state index contributed by atoms with van der Waals surface area (Å²) in [6, 6.07) is 18.0. The first kappa shape index (κ1) is 19.8. The van der Waals surface area contributed by atoms with E-state index in [1.54, 1.807) is 19.1 Å². The Morgan fingerprint density at radius 2 is 1.68 bits per heavy atom. The van der Waals surface area contributed by atoms with Gasteiger partial charge in [-0.15, -0.1) is 0 Å². The van der Waals surface area contributed by atoms with Crippen LogP contribution in [0.5, 0.6) is 0 Å². The lowest BCUT2D eigenvalue weighted by molar-refractivity contribution is -0.133. The van der Waals surface area contributed by atoms with Crippen LogP contribution in [0.4, 0.5) is 4.79 Å². The van der Waals surface area contributed by atoms with Crippen LogP contribution in [0.3, 0.4) is 0 Å². The molecule has 0 bridgehead atoms. The number of carbonyl (C=O) groups is 2. The zero-order valence-electron chi connectivity index (χ0n) is 17.6. The van der Waals surface area contributed by atoms with Gasteiger partial charge >= 0.3 is 6.03 Å². The normalized spacial score (nSPS) is 22.9. The van der Waals surface area contributed by atoms with Gasteiger partial charge < -0.3 is 9.73 Å². The molecule has 3 heterocycles. The first-order valence-corrected chi connectivity index (χ1v) is 10.6. The second-order valence-electron chi connectivity index (χ2n) is 8.44. The maximum Gasteiger partial charge on any atom is 0.326 e. The number of hydrogen-bond acceptors (Lipinski definition) is 5. The molecule has 7 heteroatoms. The molecule has 3 aromatic rings. The smallest absolute Gasteiger partial charge is 0.326 e.